The third-order valence-corrected chi connectivity index (χ3v) is 4.49. The number of carbonyl (C=O) groups excluding carboxylic acids is 3. The Morgan fingerprint density at radius 3 is 2.46 bits per heavy atom. The molecule has 7 nitrogen and oxygen atoms in total. The number of amides is 1. The molecule has 0 N–H and O–H groups in total. The van der Waals surface area contributed by atoms with Crippen molar-refractivity contribution in [2.45, 2.75) is 18.5 Å². The molecule has 0 saturated carbocycles. The Morgan fingerprint density at radius 1 is 1.12 bits per heavy atom. The molecule has 136 valence electrons. The van der Waals surface area contributed by atoms with Gasteiger partial charge in [-0.3, -0.25) is 4.90 Å². The summed E-state index contributed by atoms with van der Waals surface area (Å²) in [7, 11) is 2.48. The minimum atomic E-state index is -0.773. The molecule has 2 aliphatic rings. The molecule has 2 atom stereocenters. The highest BCUT2D eigenvalue weighted by Crippen LogP contribution is 2.35. The SMILES string of the molecule is COC(=O)C1=C(C(=O)OC)[C@H](N2C(=O)OC[C@H]2c2ccccc2)C=CC1. The van der Waals surface area contributed by atoms with E-state index in [1.807, 2.05) is 30.3 Å². The van der Waals surface area contributed by atoms with Crippen LogP contribution in [0.4, 0.5) is 4.79 Å². The predicted octanol–water partition coefficient (Wildman–Crippen LogP) is 2.15. The zero-order valence-electron chi connectivity index (χ0n) is 14.5. The van der Waals surface area contributed by atoms with Crippen molar-refractivity contribution in [3.05, 3.63) is 59.2 Å². The van der Waals surface area contributed by atoms with Gasteiger partial charge in [0.15, 0.2) is 0 Å². The van der Waals surface area contributed by atoms with Crippen LogP contribution in [0, 0.1) is 0 Å². The number of allylic oxidation sites excluding steroid dienone is 1. The number of hydrogen-bond acceptors (Lipinski definition) is 6. The van der Waals surface area contributed by atoms with Gasteiger partial charge in [-0.25, -0.2) is 14.4 Å². The second kappa shape index (κ2) is 7.43. The number of rotatable bonds is 4. The molecule has 1 aliphatic carbocycles. The first kappa shape index (κ1) is 17.7. The molecule has 1 heterocycles. The number of esters is 2. The lowest BCUT2D eigenvalue weighted by Gasteiger charge is -2.32. The van der Waals surface area contributed by atoms with E-state index in [-0.39, 0.29) is 30.2 Å². The monoisotopic (exact) mass is 357 g/mol. The molecule has 1 aromatic carbocycles. The highest BCUT2D eigenvalue weighted by molar-refractivity contribution is 6.02. The molecule has 1 aromatic rings. The van der Waals surface area contributed by atoms with E-state index in [9.17, 15) is 14.4 Å². The normalized spacial score (nSPS) is 22.2. The van der Waals surface area contributed by atoms with Crippen LogP contribution in [0.1, 0.15) is 18.0 Å². The Labute approximate surface area is 150 Å². The van der Waals surface area contributed by atoms with Gasteiger partial charge in [-0.2, -0.15) is 0 Å². The van der Waals surface area contributed by atoms with Crippen LogP contribution in [0.25, 0.3) is 0 Å². The van der Waals surface area contributed by atoms with Gasteiger partial charge in [-0.15, -0.1) is 0 Å². The fraction of sp³-hybridized carbons (Fsp3) is 0.316. The molecule has 1 aliphatic heterocycles. The van der Waals surface area contributed by atoms with Crippen molar-refractivity contribution in [3.63, 3.8) is 0 Å². The third kappa shape index (κ3) is 3.08. The van der Waals surface area contributed by atoms with E-state index >= 15 is 0 Å². The summed E-state index contributed by atoms with van der Waals surface area (Å²) < 4.78 is 14.9. The van der Waals surface area contributed by atoms with Crippen molar-refractivity contribution in [1.29, 1.82) is 0 Å². The van der Waals surface area contributed by atoms with E-state index in [4.69, 9.17) is 14.2 Å². The molecule has 26 heavy (non-hydrogen) atoms. The zero-order chi connectivity index (χ0) is 18.7. The van der Waals surface area contributed by atoms with Crippen LogP contribution in [0.3, 0.4) is 0 Å². The van der Waals surface area contributed by atoms with Gasteiger partial charge in [0, 0.05) is 0 Å². The number of nitrogens with zero attached hydrogens (tertiary/aromatic N) is 1. The number of carbonyl (C=O) groups is 3. The Kier molecular flexibility index (Phi) is 5.06. The summed E-state index contributed by atoms with van der Waals surface area (Å²) in [6.45, 7) is 0.162. The molecule has 0 spiro atoms. The summed E-state index contributed by atoms with van der Waals surface area (Å²) in [6, 6.07) is 8.22. The summed E-state index contributed by atoms with van der Waals surface area (Å²) in [5.74, 6) is -1.30. The van der Waals surface area contributed by atoms with Crippen molar-refractivity contribution < 1.29 is 28.6 Å². The molecule has 1 saturated heterocycles. The highest BCUT2D eigenvalue weighted by Gasteiger charge is 2.43. The van der Waals surface area contributed by atoms with Crippen LogP contribution in [0.2, 0.25) is 0 Å². The maximum Gasteiger partial charge on any atom is 0.411 e. The largest absolute Gasteiger partial charge is 0.466 e. The first-order chi connectivity index (χ1) is 12.6. The van der Waals surface area contributed by atoms with Gasteiger partial charge in [0.1, 0.15) is 6.61 Å². The maximum absolute atomic E-state index is 12.4. The van der Waals surface area contributed by atoms with Gasteiger partial charge in [-0.05, 0) is 12.0 Å². The van der Waals surface area contributed by atoms with Crippen LogP contribution < -0.4 is 0 Å². The average Bonchev–Trinajstić information content (AvgIpc) is 3.08. The van der Waals surface area contributed by atoms with E-state index in [1.165, 1.54) is 19.1 Å². The first-order valence-corrected chi connectivity index (χ1v) is 8.14. The van der Waals surface area contributed by atoms with Crippen LogP contribution in [0.5, 0.6) is 0 Å². The topological polar surface area (TPSA) is 82.1 Å². The lowest BCUT2D eigenvalue weighted by atomic mass is 9.90. The van der Waals surface area contributed by atoms with Gasteiger partial charge >= 0.3 is 18.0 Å². The summed E-state index contributed by atoms with van der Waals surface area (Å²) in [5.41, 5.74) is 1.15. The molecule has 7 heteroatoms. The van der Waals surface area contributed by atoms with E-state index < -0.39 is 24.1 Å². The van der Waals surface area contributed by atoms with Gasteiger partial charge in [0.25, 0.3) is 0 Å². The maximum atomic E-state index is 12.4. The van der Waals surface area contributed by atoms with Crippen molar-refractivity contribution in [2.24, 2.45) is 0 Å². The fourth-order valence-electron chi connectivity index (χ4n) is 3.27. The summed E-state index contributed by atoms with van der Waals surface area (Å²) in [4.78, 5) is 38.4. The fourth-order valence-corrected chi connectivity index (χ4v) is 3.27. The van der Waals surface area contributed by atoms with Crippen molar-refractivity contribution in [2.75, 3.05) is 20.8 Å². The third-order valence-electron chi connectivity index (χ3n) is 4.49. The number of benzene rings is 1. The lowest BCUT2D eigenvalue weighted by molar-refractivity contribution is -0.139. The van der Waals surface area contributed by atoms with Crippen LogP contribution >= 0.6 is 0 Å². The number of methoxy groups -OCH3 is 2. The van der Waals surface area contributed by atoms with Gasteiger partial charge in [0.05, 0.1) is 37.4 Å². The quantitative estimate of drug-likeness (QED) is 0.467. The van der Waals surface area contributed by atoms with Crippen LogP contribution in [-0.2, 0) is 23.8 Å². The molecule has 1 amide bonds. The Hall–Kier alpha value is -3.09. The highest BCUT2D eigenvalue weighted by atomic mass is 16.6. The predicted molar refractivity (Wildman–Crippen MR) is 91.0 cm³/mol. The Bertz CT molecular complexity index is 782. The average molecular weight is 357 g/mol. The van der Waals surface area contributed by atoms with E-state index in [0.29, 0.717) is 0 Å². The molecule has 3 rings (SSSR count). The van der Waals surface area contributed by atoms with Crippen molar-refractivity contribution >= 4 is 18.0 Å². The smallest absolute Gasteiger partial charge is 0.411 e. The Morgan fingerprint density at radius 2 is 1.81 bits per heavy atom. The van der Waals surface area contributed by atoms with Crippen LogP contribution in [0.15, 0.2) is 53.6 Å². The first-order valence-electron chi connectivity index (χ1n) is 8.14. The summed E-state index contributed by atoms with van der Waals surface area (Å²) in [6.07, 6.45) is 3.12. The number of ether oxygens (including phenoxy) is 3. The number of hydrogen-bond donors (Lipinski definition) is 0. The molecule has 0 radical (unpaired) electrons. The van der Waals surface area contributed by atoms with E-state index in [0.717, 1.165) is 5.56 Å². The summed E-state index contributed by atoms with van der Waals surface area (Å²) in [5, 5.41) is 0. The molecule has 0 aromatic heterocycles. The van der Waals surface area contributed by atoms with Crippen molar-refractivity contribution in [1.82, 2.24) is 4.90 Å². The number of cyclic esters (lactones) is 1. The second-order valence-electron chi connectivity index (χ2n) is 5.86. The van der Waals surface area contributed by atoms with Gasteiger partial charge in [-0.1, -0.05) is 42.5 Å². The standard InChI is InChI=1S/C19H19NO6/c1-24-17(21)13-9-6-10-14(16(13)18(22)25-2)20-15(11-26-19(20)23)12-7-4-3-5-8-12/h3-8,10,14-15H,9,11H2,1-2H3/t14-,15+/m1/s1. The van der Waals surface area contributed by atoms with Crippen molar-refractivity contribution in [3.8, 4) is 0 Å². The molecule has 0 bridgehead atoms. The minimum absolute atomic E-state index is 0.0987. The molecular formula is C19H19NO6. The molecular weight excluding hydrogens is 338 g/mol. The lowest BCUT2D eigenvalue weighted by Crippen LogP contribution is -2.42. The molecule has 0 unspecified atom stereocenters. The van der Waals surface area contributed by atoms with E-state index in [2.05, 4.69) is 0 Å². The second-order valence-corrected chi connectivity index (χ2v) is 5.86. The van der Waals surface area contributed by atoms with Gasteiger partial charge < -0.3 is 14.2 Å². The zero-order valence-corrected chi connectivity index (χ0v) is 14.5. The van der Waals surface area contributed by atoms with Crippen LogP contribution in [-0.4, -0.2) is 49.8 Å². The molecule has 1 fully saturated rings. The van der Waals surface area contributed by atoms with E-state index in [1.54, 1.807) is 12.2 Å². The Balaban J connectivity index is 2.06. The summed E-state index contributed by atoms with van der Waals surface area (Å²) >= 11 is 0. The minimum Gasteiger partial charge on any atom is -0.466 e. The van der Waals surface area contributed by atoms with Gasteiger partial charge in [0.2, 0.25) is 0 Å².